The second-order valence-corrected chi connectivity index (χ2v) is 3.19. The Balaban J connectivity index is 3.14. The molecule has 14 heavy (non-hydrogen) atoms. The highest BCUT2D eigenvalue weighted by atomic mass is 35.5. The summed E-state index contributed by atoms with van der Waals surface area (Å²) in [7, 11) is 0. The van der Waals surface area contributed by atoms with Crippen molar-refractivity contribution < 1.29 is 0 Å². The number of amidine groups is 1. The predicted molar refractivity (Wildman–Crippen MR) is 58.2 cm³/mol. The number of hydrogen-bond donors (Lipinski definition) is 1. The van der Waals surface area contributed by atoms with Crippen molar-refractivity contribution in [3.05, 3.63) is 28.8 Å². The molecule has 0 spiro atoms. The maximum atomic E-state index is 8.65. The SMILES string of the molecule is N#Cc1ccc(Cl)c(N=C(N)CCl)c1. The molecule has 2 N–H and O–H groups in total. The van der Waals surface area contributed by atoms with Crippen molar-refractivity contribution in [3.8, 4) is 6.07 Å². The van der Waals surface area contributed by atoms with Crippen molar-refractivity contribution in [1.82, 2.24) is 0 Å². The third kappa shape index (κ3) is 2.63. The average molecular weight is 228 g/mol. The van der Waals surface area contributed by atoms with Gasteiger partial charge in [-0.1, -0.05) is 11.6 Å². The van der Waals surface area contributed by atoms with Crippen LogP contribution in [0, 0.1) is 11.3 Å². The number of nitriles is 1. The number of hydrogen-bond acceptors (Lipinski definition) is 2. The molecule has 0 radical (unpaired) electrons. The van der Waals surface area contributed by atoms with Crippen molar-refractivity contribution in [1.29, 1.82) is 5.26 Å². The van der Waals surface area contributed by atoms with Crippen LogP contribution in [-0.2, 0) is 0 Å². The summed E-state index contributed by atoms with van der Waals surface area (Å²) in [4.78, 5) is 3.97. The lowest BCUT2D eigenvalue weighted by molar-refractivity contribution is 1.42. The van der Waals surface area contributed by atoms with Gasteiger partial charge in [0.1, 0.15) is 5.84 Å². The molecule has 0 aliphatic heterocycles. The van der Waals surface area contributed by atoms with Gasteiger partial charge in [-0.25, -0.2) is 4.99 Å². The van der Waals surface area contributed by atoms with E-state index < -0.39 is 0 Å². The highest BCUT2D eigenvalue weighted by Gasteiger charge is 2.01. The number of alkyl halides is 1. The molecule has 0 aromatic heterocycles. The first-order valence-electron chi connectivity index (χ1n) is 3.76. The topological polar surface area (TPSA) is 62.2 Å². The summed E-state index contributed by atoms with van der Waals surface area (Å²) in [6, 6.07) is 6.75. The third-order valence-electron chi connectivity index (χ3n) is 1.48. The summed E-state index contributed by atoms with van der Waals surface area (Å²) >= 11 is 11.3. The van der Waals surface area contributed by atoms with Gasteiger partial charge in [-0.2, -0.15) is 5.26 Å². The van der Waals surface area contributed by atoms with Gasteiger partial charge in [0.05, 0.1) is 28.2 Å². The van der Waals surface area contributed by atoms with Crippen LogP contribution in [0.1, 0.15) is 5.56 Å². The first-order valence-corrected chi connectivity index (χ1v) is 4.67. The van der Waals surface area contributed by atoms with Crippen LogP contribution in [0.5, 0.6) is 0 Å². The van der Waals surface area contributed by atoms with E-state index in [4.69, 9.17) is 34.2 Å². The summed E-state index contributed by atoms with van der Waals surface area (Å²) < 4.78 is 0. The summed E-state index contributed by atoms with van der Waals surface area (Å²) in [5.41, 5.74) is 6.39. The van der Waals surface area contributed by atoms with Gasteiger partial charge in [-0.3, -0.25) is 0 Å². The van der Waals surface area contributed by atoms with Crippen molar-refractivity contribution in [2.24, 2.45) is 10.7 Å². The maximum absolute atomic E-state index is 8.65. The zero-order valence-corrected chi connectivity index (χ0v) is 8.68. The third-order valence-corrected chi connectivity index (χ3v) is 2.07. The molecule has 72 valence electrons. The van der Waals surface area contributed by atoms with E-state index in [9.17, 15) is 0 Å². The number of halogens is 2. The monoisotopic (exact) mass is 227 g/mol. The normalized spacial score (nSPS) is 11.1. The number of benzene rings is 1. The highest BCUT2D eigenvalue weighted by Crippen LogP contribution is 2.25. The first-order chi connectivity index (χ1) is 6.67. The maximum Gasteiger partial charge on any atom is 0.115 e. The van der Waals surface area contributed by atoms with Crippen molar-refractivity contribution >= 4 is 34.7 Å². The van der Waals surface area contributed by atoms with E-state index in [-0.39, 0.29) is 11.7 Å². The average Bonchev–Trinajstić information content (AvgIpc) is 2.21. The molecular weight excluding hydrogens is 221 g/mol. The smallest absolute Gasteiger partial charge is 0.115 e. The van der Waals surface area contributed by atoms with Crippen LogP contribution in [0.25, 0.3) is 0 Å². The van der Waals surface area contributed by atoms with Gasteiger partial charge >= 0.3 is 0 Å². The largest absolute Gasteiger partial charge is 0.386 e. The van der Waals surface area contributed by atoms with E-state index in [2.05, 4.69) is 4.99 Å². The van der Waals surface area contributed by atoms with E-state index in [0.717, 1.165) is 0 Å². The van der Waals surface area contributed by atoms with Crippen LogP contribution in [-0.4, -0.2) is 11.7 Å². The van der Waals surface area contributed by atoms with Crippen LogP contribution in [0.3, 0.4) is 0 Å². The van der Waals surface area contributed by atoms with Crippen molar-refractivity contribution in [3.63, 3.8) is 0 Å². The molecular formula is C9H7Cl2N3. The summed E-state index contributed by atoms with van der Waals surface area (Å²) in [6.07, 6.45) is 0. The second kappa shape index (κ2) is 4.85. The van der Waals surface area contributed by atoms with Gasteiger partial charge in [0.15, 0.2) is 0 Å². The minimum Gasteiger partial charge on any atom is -0.386 e. The number of rotatable bonds is 2. The minimum absolute atomic E-state index is 0.132. The van der Waals surface area contributed by atoms with Gasteiger partial charge in [0, 0.05) is 0 Å². The van der Waals surface area contributed by atoms with E-state index >= 15 is 0 Å². The molecule has 0 atom stereocenters. The highest BCUT2D eigenvalue weighted by molar-refractivity contribution is 6.33. The standard InChI is InChI=1S/C9H7Cl2N3/c10-4-9(13)14-8-3-6(5-12)1-2-7(8)11/h1-3H,4H2,(H2,13,14). The molecule has 5 heteroatoms. The molecule has 0 saturated carbocycles. The van der Waals surface area contributed by atoms with Crippen molar-refractivity contribution in [2.45, 2.75) is 0 Å². The Morgan fingerprint density at radius 2 is 2.29 bits per heavy atom. The summed E-state index contributed by atoms with van der Waals surface area (Å²) in [5.74, 6) is 0.399. The molecule has 0 unspecified atom stereocenters. The van der Waals surface area contributed by atoms with Crippen LogP contribution in [0.2, 0.25) is 5.02 Å². The van der Waals surface area contributed by atoms with E-state index in [0.29, 0.717) is 16.3 Å². The molecule has 1 aromatic rings. The van der Waals surface area contributed by atoms with Crippen LogP contribution in [0.4, 0.5) is 5.69 Å². The fourth-order valence-electron chi connectivity index (χ4n) is 0.852. The zero-order valence-electron chi connectivity index (χ0n) is 7.17. The van der Waals surface area contributed by atoms with E-state index in [1.165, 1.54) is 0 Å². The van der Waals surface area contributed by atoms with E-state index in [1.54, 1.807) is 18.2 Å². The Hall–Kier alpha value is -1.24. The lowest BCUT2D eigenvalue weighted by Gasteiger charge is -1.99. The zero-order chi connectivity index (χ0) is 10.6. The predicted octanol–water partition coefficient (Wildman–Crippen LogP) is 2.44. The Bertz CT molecular complexity index is 407. The number of nitrogens with two attached hydrogens (primary N) is 1. The fraction of sp³-hybridized carbons (Fsp3) is 0.111. The number of aliphatic imine (C=N–C) groups is 1. The molecule has 0 fully saturated rings. The molecule has 0 heterocycles. The fourth-order valence-corrected chi connectivity index (χ4v) is 1.07. The molecule has 3 nitrogen and oxygen atoms in total. The molecule has 0 amide bonds. The molecule has 0 bridgehead atoms. The van der Waals surface area contributed by atoms with Gasteiger partial charge in [0.2, 0.25) is 0 Å². The molecule has 0 aliphatic carbocycles. The Morgan fingerprint density at radius 3 is 2.86 bits per heavy atom. The van der Waals surface area contributed by atoms with Gasteiger partial charge in [0.25, 0.3) is 0 Å². The summed E-state index contributed by atoms with van der Waals surface area (Å²) in [5, 5.41) is 9.09. The number of nitrogens with zero attached hydrogens (tertiary/aromatic N) is 2. The lowest BCUT2D eigenvalue weighted by atomic mass is 10.2. The molecule has 1 aromatic carbocycles. The van der Waals surface area contributed by atoms with Crippen LogP contribution in [0.15, 0.2) is 23.2 Å². The molecule has 0 saturated heterocycles. The quantitative estimate of drug-likeness (QED) is 0.480. The van der Waals surface area contributed by atoms with E-state index in [1.807, 2.05) is 6.07 Å². The Kier molecular flexibility index (Phi) is 3.75. The second-order valence-electron chi connectivity index (χ2n) is 2.51. The molecule has 0 aliphatic rings. The summed E-state index contributed by atoms with van der Waals surface area (Å²) in [6.45, 7) is 0. The molecule has 1 rings (SSSR count). The van der Waals surface area contributed by atoms with Gasteiger partial charge in [-0.05, 0) is 18.2 Å². The Labute approximate surface area is 91.8 Å². The van der Waals surface area contributed by atoms with Crippen LogP contribution < -0.4 is 5.73 Å². The van der Waals surface area contributed by atoms with Gasteiger partial charge in [-0.15, -0.1) is 11.6 Å². The first kappa shape index (κ1) is 10.8. The Morgan fingerprint density at radius 1 is 1.57 bits per heavy atom. The van der Waals surface area contributed by atoms with Crippen LogP contribution >= 0.6 is 23.2 Å². The van der Waals surface area contributed by atoms with Crippen molar-refractivity contribution in [2.75, 3.05) is 5.88 Å². The lowest BCUT2D eigenvalue weighted by Crippen LogP contribution is -2.12. The van der Waals surface area contributed by atoms with Gasteiger partial charge < -0.3 is 5.73 Å². The minimum atomic E-state index is 0.132.